The monoisotopic (exact) mass is 344 g/mol. The van der Waals surface area contributed by atoms with E-state index in [9.17, 15) is 13.2 Å². The Hall–Kier alpha value is -1.11. The molecule has 1 fully saturated rings. The van der Waals surface area contributed by atoms with Gasteiger partial charge < -0.3 is 4.90 Å². The lowest BCUT2D eigenvalue weighted by atomic mass is 10.2. The average molecular weight is 345 g/mol. The minimum atomic E-state index is -3.55. The summed E-state index contributed by atoms with van der Waals surface area (Å²) >= 11 is 6.02. The van der Waals surface area contributed by atoms with Crippen molar-refractivity contribution in [3.8, 4) is 0 Å². The second kappa shape index (κ2) is 6.98. The Morgan fingerprint density at radius 3 is 2.41 bits per heavy atom. The smallest absolute Gasteiger partial charge is 0.243 e. The number of amides is 1. The third-order valence-electron chi connectivity index (χ3n) is 3.84. The number of sulfonamides is 1. The molecule has 7 heteroatoms. The van der Waals surface area contributed by atoms with Crippen molar-refractivity contribution in [3.05, 3.63) is 28.8 Å². The van der Waals surface area contributed by atoms with Crippen molar-refractivity contribution >= 4 is 27.5 Å². The van der Waals surface area contributed by atoms with Gasteiger partial charge in [-0.25, -0.2) is 8.42 Å². The zero-order valence-corrected chi connectivity index (χ0v) is 14.5. The topological polar surface area (TPSA) is 57.7 Å². The Morgan fingerprint density at radius 2 is 1.86 bits per heavy atom. The molecule has 122 valence electrons. The Kier molecular flexibility index (Phi) is 5.47. The Labute approximate surface area is 136 Å². The molecule has 1 saturated heterocycles. The first kappa shape index (κ1) is 17.2. The molecule has 0 bridgehead atoms. The molecule has 5 nitrogen and oxygen atoms in total. The van der Waals surface area contributed by atoms with Crippen molar-refractivity contribution < 1.29 is 13.2 Å². The van der Waals surface area contributed by atoms with Crippen molar-refractivity contribution in [3.63, 3.8) is 0 Å². The van der Waals surface area contributed by atoms with Crippen molar-refractivity contribution in [1.29, 1.82) is 0 Å². The quantitative estimate of drug-likeness (QED) is 0.842. The number of carbonyl (C=O) groups is 1. The Balaban J connectivity index is 2.09. The lowest BCUT2D eigenvalue weighted by molar-refractivity contribution is -0.132. The average Bonchev–Trinajstić information content (AvgIpc) is 2.50. The third-order valence-corrected chi connectivity index (χ3v) is 6.14. The summed E-state index contributed by atoms with van der Waals surface area (Å²) < 4.78 is 26.7. The zero-order chi connectivity index (χ0) is 16.3. The summed E-state index contributed by atoms with van der Waals surface area (Å²) in [5.74, 6) is 0.0953. The summed E-state index contributed by atoms with van der Waals surface area (Å²) in [5.41, 5.74) is 0.843. The number of aryl methyl sites for hydroxylation is 1. The third kappa shape index (κ3) is 3.62. The van der Waals surface area contributed by atoms with E-state index < -0.39 is 10.0 Å². The van der Waals surface area contributed by atoms with Crippen LogP contribution in [0.3, 0.4) is 0 Å². The van der Waals surface area contributed by atoms with Crippen LogP contribution < -0.4 is 0 Å². The maximum absolute atomic E-state index is 12.6. The molecule has 0 aromatic heterocycles. The molecule has 0 atom stereocenters. The van der Waals surface area contributed by atoms with E-state index in [4.69, 9.17) is 11.6 Å². The van der Waals surface area contributed by atoms with Crippen LogP contribution in [0.2, 0.25) is 5.02 Å². The van der Waals surface area contributed by atoms with Crippen LogP contribution in [0.1, 0.15) is 25.3 Å². The summed E-state index contributed by atoms with van der Waals surface area (Å²) in [5, 5.41) is 0.442. The van der Waals surface area contributed by atoms with Crippen LogP contribution in [-0.4, -0.2) is 49.7 Å². The first-order chi connectivity index (χ1) is 10.4. The van der Waals surface area contributed by atoms with Crippen LogP contribution in [-0.2, 0) is 14.8 Å². The van der Waals surface area contributed by atoms with E-state index in [1.165, 1.54) is 10.4 Å². The number of halogens is 1. The minimum Gasteiger partial charge on any atom is -0.340 e. The van der Waals surface area contributed by atoms with Gasteiger partial charge in [0.05, 0.1) is 4.90 Å². The van der Waals surface area contributed by atoms with Crippen LogP contribution >= 0.6 is 11.6 Å². The molecule has 0 N–H and O–H groups in total. The number of hydrogen-bond donors (Lipinski definition) is 0. The standard InChI is InChI=1S/C15H21ClN2O3S/c1-3-4-15(19)17-7-9-18(10-8-17)22(20,21)13-6-5-12(2)14(16)11-13/h5-6,11H,3-4,7-10H2,1-2H3. The van der Waals surface area contributed by atoms with E-state index in [1.807, 2.05) is 13.8 Å². The molecule has 2 rings (SSSR count). The molecule has 1 aliphatic heterocycles. The molecule has 1 aromatic rings. The van der Waals surface area contributed by atoms with Crippen LogP contribution in [0.4, 0.5) is 0 Å². The molecule has 0 saturated carbocycles. The largest absolute Gasteiger partial charge is 0.340 e. The van der Waals surface area contributed by atoms with Gasteiger partial charge in [-0.05, 0) is 31.0 Å². The summed E-state index contributed by atoms with van der Waals surface area (Å²) in [6, 6.07) is 4.77. The van der Waals surface area contributed by atoms with Crippen LogP contribution in [0.25, 0.3) is 0 Å². The number of rotatable bonds is 4. The van der Waals surface area contributed by atoms with Crippen molar-refractivity contribution in [2.75, 3.05) is 26.2 Å². The fourth-order valence-corrected chi connectivity index (χ4v) is 4.13. The number of hydrogen-bond acceptors (Lipinski definition) is 3. The van der Waals surface area contributed by atoms with E-state index in [0.29, 0.717) is 37.6 Å². The summed E-state index contributed by atoms with van der Waals surface area (Å²) in [4.78, 5) is 13.8. The van der Waals surface area contributed by atoms with Crippen LogP contribution in [0.5, 0.6) is 0 Å². The second-order valence-electron chi connectivity index (χ2n) is 5.45. The van der Waals surface area contributed by atoms with Gasteiger partial charge in [0.25, 0.3) is 0 Å². The maximum atomic E-state index is 12.6. The Bertz CT molecular complexity index is 653. The predicted molar refractivity (Wildman–Crippen MR) is 86.4 cm³/mol. The van der Waals surface area contributed by atoms with Gasteiger partial charge in [0.1, 0.15) is 0 Å². The van der Waals surface area contributed by atoms with Crippen molar-refractivity contribution in [1.82, 2.24) is 9.21 Å². The minimum absolute atomic E-state index is 0.0953. The fraction of sp³-hybridized carbons (Fsp3) is 0.533. The van der Waals surface area contributed by atoms with E-state index in [2.05, 4.69) is 0 Å². The highest BCUT2D eigenvalue weighted by atomic mass is 35.5. The SMILES string of the molecule is CCCC(=O)N1CCN(S(=O)(=O)c2ccc(C)c(Cl)c2)CC1. The zero-order valence-electron chi connectivity index (χ0n) is 12.9. The van der Waals surface area contributed by atoms with Gasteiger partial charge in [0, 0.05) is 37.6 Å². The Morgan fingerprint density at radius 1 is 1.23 bits per heavy atom. The molecule has 22 heavy (non-hydrogen) atoms. The van der Waals surface area contributed by atoms with Gasteiger partial charge in [-0.3, -0.25) is 4.79 Å². The normalized spacial score (nSPS) is 16.8. The van der Waals surface area contributed by atoms with E-state index >= 15 is 0 Å². The van der Waals surface area contributed by atoms with Gasteiger partial charge in [0.15, 0.2) is 0 Å². The maximum Gasteiger partial charge on any atom is 0.243 e. The lowest BCUT2D eigenvalue weighted by Crippen LogP contribution is -2.50. The highest BCUT2D eigenvalue weighted by Gasteiger charge is 2.30. The first-order valence-corrected chi connectivity index (χ1v) is 9.22. The van der Waals surface area contributed by atoms with E-state index in [-0.39, 0.29) is 10.8 Å². The second-order valence-corrected chi connectivity index (χ2v) is 7.79. The fourth-order valence-electron chi connectivity index (χ4n) is 2.43. The number of carbonyl (C=O) groups excluding carboxylic acids is 1. The molecule has 1 heterocycles. The van der Waals surface area contributed by atoms with Gasteiger partial charge >= 0.3 is 0 Å². The number of benzene rings is 1. The van der Waals surface area contributed by atoms with Crippen LogP contribution in [0, 0.1) is 6.92 Å². The highest BCUT2D eigenvalue weighted by molar-refractivity contribution is 7.89. The van der Waals surface area contributed by atoms with Crippen LogP contribution in [0.15, 0.2) is 23.1 Å². The van der Waals surface area contributed by atoms with Crippen molar-refractivity contribution in [2.45, 2.75) is 31.6 Å². The predicted octanol–water partition coefficient (Wildman–Crippen LogP) is 2.28. The summed E-state index contributed by atoms with van der Waals surface area (Å²) in [7, 11) is -3.55. The summed E-state index contributed by atoms with van der Waals surface area (Å²) in [6.45, 7) is 5.32. The molecule has 1 aliphatic rings. The highest BCUT2D eigenvalue weighted by Crippen LogP contribution is 2.23. The van der Waals surface area contributed by atoms with E-state index in [0.717, 1.165) is 12.0 Å². The molecule has 0 aliphatic carbocycles. The molecular formula is C15H21ClN2O3S. The summed E-state index contributed by atoms with van der Waals surface area (Å²) in [6.07, 6.45) is 1.32. The number of nitrogens with zero attached hydrogens (tertiary/aromatic N) is 2. The molecule has 0 radical (unpaired) electrons. The molecule has 1 amide bonds. The number of piperazine rings is 1. The molecular weight excluding hydrogens is 324 g/mol. The van der Waals surface area contributed by atoms with Crippen molar-refractivity contribution in [2.24, 2.45) is 0 Å². The molecule has 0 unspecified atom stereocenters. The van der Waals surface area contributed by atoms with E-state index in [1.54, 1.807) is 17.0 Å². The van der Waals surface area contributed by atoms with Gasteiger partial charge in [-0.1, -0.05) is 24.6 Å². The lowest BCUT2D eigenvalue weighted by Gasteiger charge is -2.34. The molecule has 0 spiro atoms. The van der Waals surface area contributed by atoms with Gasteiger partial charge in [0.2, 0.25) is 15.9 Å². The van der Waals surface area contributed by atoms with Gasteiger partial charge in [-0.2, -0.15) is 4.31 Å². The first-order valence-electron chi connectivity index (χ1n) is 7.40. The molecule has 1 aromatic carbocycles. The van der Waals surface area contributed by atoms with Gasteiger partial charge in [-0.15, -0.1) is 0 Å².